The van der Waals surface area contributed by atoms with Gasteiger partial charge in [-0.25, -0.2) is 0 Å². The van der Waals surface area contributed by atoms with Crippen molar-refractivity contribution in [2.75, 3.05) is 10.6 Å². The lowest BCUT2D eigenvalue weighted by atomic mass is 9.97. The Hall–Kier alpha value is -6.86. The molecular formula is C34H52N18O2. The summed E-state index contributed by atoms with van der Waals surface area (Å²) in [6, 6.07) is 10.2. The average molecular weight is 745 g/mol. The first-order valence-electron chi connectivity index (χ1n) is 17.0. The van der Waals surface area contributed by atoms with Crippen LogP contribution in [0.3, 0.4) is 0 Å². The molecule has 0 aliphatic rings. The molecule has 0 saturated carbocycles. The monoisotopic (exact) mass is 744 g/mol. The minimum absolute atomic E-state index is 0.234. The van der Waals surface area contributed by atoms with Gasteiger partial charge in [0.15, 0.2) is 0 Å². The van der Waals surface area contributed by atoms with Gasteiger partial charge in [0.1, 0.15) is 5.92 Å². The first-order valence-corrected chi connectivity index (χ1v) is 17.0. The van der Waals surface area contributed by atoms with E-state index in [4.69, 9.17) is 45.9 Å². The minimum atomic E-state index is -1.11. The van der Waals surface area contributed by atoms with Crippen LogP contribution in [-0.2, 0) is 9.59 Å². The van der Waals surface area contributed by atoms with Crippen molar-refractivity contribution in [1.29, 1.82) is 0 Å². The molecule has 20 nitrogen and oxygen atoms in total. The summed E-state index contributed by atoms with van der Waals surface area (Å²) >= 11 is 0. The number of hydrogen-bond acceptors (Lipinski definition) is 10. The molecule has 54 heavy (non-hydrogen) atoms. The summed E-state index contributed by atoms with van der Waals surface area (Å²) in [6.07, 6.45) is 4.78. The molecule has 0 heterocycles. The lowest BCUT2D eigenvalue weighted by Crippen LogP contribution is -2.34. The molecule has 2 aromatic carbocycles. The number of guanidine groups is 4. The molecule has 2 rings (SSSR count). The summed E-state index contributed by atoms with van der Waals surface area (Å²) < 4.78 is 0. The molecule has 2 amide bonds. The van der Waals surface area contributed by atoms with E-state index in [2.05, 4.69) is 58.4 Å². The second-order valence-corrected chi connectivity index (χ2v) is 12.2. The minimum Gasteiger partial charge on any atom is -0.369 e. The summed E-state index contributed by atoms with van der Waals surface area (Å²) in [5, 5.41) is 36.9. The first kappa shape index (κ1) is 43.3. The van der Waals surface area contributed by atoms with Gasteiger partial charge in [-0.1, -0.05) is 39.0 Å². The van der Waals surface area contributed by atoms with Crippen LogP contribution in [0.4, 0.5) is 11.4 Å². The number of carbonyl (C=O) groups is 2. The molecule has 20 heteroatoms. The zero-order chi connectivity index (χ0) is 40.4. The van der Waals surface area contributed by atoms with Crippen LogP contribution in [0.2, 0.25) is 0 Å². The molecule has 0 saturated heterocycles. The van der Waals surface area contributed by atoms with Crippen LogP contribution in [-0.4, -0.2) is 58.5 Å². The van der Waals surface area contributed by atoms with Gasteiger partial charge in [0, 0.05) is 33.6 Å². The first-order chi connectivity index (χ1) is 25.5. The Morgan fingerprint density at radius 2 is 0.778 bits per heavy atom. The highest BCUT2D eigenvalue weighted by atomic mass is 16.2. The summed E-state index contributed by atoms with van der Waals surface area (Å²) in [6.45, 7) is 8.84. The van der Waals surface area contributed by atoms with E-state index in [1.165, 1.54) is 0 Å². The van der Waals surface area contributed by atoms with Crippen LogP contribution < -0.4 is 56.5 Å². The Morgan fingerprint density at radius 3 is 1.06 bits per heavy atom. The molecule has 18 N–H and O–H groups in total. The second kappa shape index (κ2) is 21.5. The van der Waals surface area contributed by atoms with Gasteiger partial charge in [-0.2, -0.15) is 20.4 Å². The fourth-order valence-corrected chi connectivity index (χ4v) is 4.79. The zero-order valence-electron chi connectivity index (χ0n) is 31.3. The number of unbranched alkanes of at least 4 members (excludes halogenated alkanes) is 4. The van der Waals surface area contributed by atoms with Crippen molar-refractivity contribution in [2.24, 2.45) is 92.6 Å². The number of benzene rings is 2. The molecule has 2 aromatic rings. The highest BCUT2D eigenvalue weighted by Gasteiger charge is 2.27. The molecule has 0 aliphatic carbocycles. The summed E-state index contributed by atoms with van der Waals surface area (Å²) in [5.74, 6) is -3.13. The quantitative estimate of drug-likeness (QED) is 0.0342. The normalized spacial score (nSPS) is 12.6. The summed E-state index contributed by atoms with van der Waals surface area (Å²) in [5.41, 5.74) is 48.3. The smallest absolute Gasteiger partial charge is 0.236 e. The number of hydrogen-bond donors (Lipinski definition) is 10. The van der Waals surface area contributed by atoms with E-state index in [0.29, 0.717) is 62.9 Å². The van der Waals surface area contributed by atoms with E-state index in [0.717, 1.165) is 25.7 Å². The van der Waals surface area contributed by atoms with Gasteiger partial charge in [0.05, 0.1) is 22.8 Å². The molecule has 0 radical (unpaired) electrons. The largest absolute Gasteiger partial charge is 0.369 e. The molecule has 0 spiro atoms. The number of nitrogens with zero attached hydrogens (tertiary/aromatic N) is 8. The van der Waals surface area contributed by atoms with Crippen molar-refractivity contribution in [1.82, 2.24) is 0 Å². The molecule has 0 fully saturated rings. The van der Waals surface area contributed by atoms with Crippen LogP contribution in [0.5, 0.6) is 0 Å². The Morgan fingerprint density at radius 1 is 0.481 bits per heavy atom. The molecule has 0 bridgehead atoms. The fourth-order valence-electron chi connectivity index (χ4n) is 4.79. The standard InChI is InChI=1S/C34H52N18O2/c1-6-7-8-9-10-11-28(29(53)43-26-14-22(18(2)45-49-31(35)36)12-23(15-26)19(3)46-50-32(37)38)30(54)44-27-16-24(20(4)47-51-33(39)40)13-25(17-27)21(5)48-52-34(41)42/h12-17,28H,6-11H2,1-5H3,(H,43,53)(H,44,54)(H4,35,36,49)(H4,37,38,50)(H4,39,40,51)(H4,41,42,52). The van der Waals surface area contributed by atoms with E-state index < -0.39 is 17.7 Å². The average Bonchev–Trinajstić information content (AvgIpc) is 3.11. The Balaban J connectivity index is 2.63. The highest BCUT2D eigenvalue weighted by Crippen LogP contribution is 2.23. The molecule has 290 valence electrons. The molecule has 0 unspecified atom stereocenters. The second-order valence-electron chi connectivity index (χ2n) is 12.2. The van der Waals surface area contributed by atoms with Crippen LogP contribution >= 0.6 is 0 Å². The van der Waals surface area contributed by atoms with Gasteiger partial charge < -0.3 is 56.5 Å². The van der Waals surface area contributed by atoms with Gasteiger partial charge in [-0.05, 0) is 70.5 Å². The third-order valence-electron chi connectivity index (χ3n) is 7.56. The number of amides is 2. The van der Waals surface area contributed by atoms with E-state index in [1.54, 1.807) is 64.1 Å². The van der Waals surface area contributed by atoms with Gasteiger partial charge >= 0.3 is 0 Å². The van der Waals surface area contributed by atoms with Gasteiger partial charge in [0.25, 0.3) is 0 Å². The van der Waals surface area contributed by atoms with Crippen LogP contribution in [0.25, 0.3) is 0 Å². The van der Waals surface area contributed by atoms with E-state index >= 15 is 0 Å². The lowest BCUT2D eigenvalue weighted by molar-refractivity contribution is -0.129. The van der Waals surface area contributed by atoms with E-state index in [9.17, 15) is 9.59 Å². The van der Waals surface area contributed by atoms with Crippen molar-refractivity contribution in [3.8, 4) is 0 Å². The van der Waals surface area contributed by atoms with Gasteiger partial charge in [-0.3, -0.25) is 9.59 Å². The molecule has 0 aromatic heterocycles. The number of rotatable bonds is 18. The Kier molecular flexibility index (Phi) is 17.2. The van der Waals surface area contributed by atoms with Crippen molar-refractivity contribution in [2.45, 2.75) is 73.1 Å². The predicted molar refractivity (Wildman–Crippen MR) is 219 cm³/mol. The van der Waals surface area contributed by atoms with Crippen molar-refractivity contribution < 1.29 is 9.59 Å². The molecule has 0 atom stereocenters. The number of carbonyl (C=O) groups excluding carboxylic acids is 2. The lowest BCUT2D eigenvalue weighted by Gasteiger charge is -2.19. The maximum atomic E-state index is 14.0. The topological polar surface area (TPSA) is 365 Å². The van der Waals surface area contributed by atoms with Crippen LogP contribution in [0, 0.1) is 5.92 Å². The van der Waals surface area contributed by atoms with E-state index in [-0.39, 0.29) is 30.3 Å². The third-order valence-corrected chi connectivity index (χ3v) is 7.56. The number of anilines is 2. The SMILES string of the molecule is CCCCCCCC(C(=O)Nc1cc(C(C)=NN=C(N)N)cc(C(C)=NN=C(N)N)c1)C(=O)Nc1cc(C(C)=NN=C(N)N)cc(C(C)=NN=C(N)N)c1. The Labute approximate surface area is 314 Å². The number of nitrogens with two attached hydrogens (primary N) is 8. The van der Waals surface area contributed by atoms with Crippen LogP contribution in [0.1, 0.15) is 95.4 Å². The maximum Gasteiger partial charge on any atom is 0.236 e. The molecular weight excluding hydrogens is 692 g/mol. The third kappa shape index (κ3) is 15.2. The highest BCUT2D eigenvalue weighted by molar-refractivity contribution is 6.13. The van der Waals surface area contributed by atoms with Gasteiger partial charge in [0.2, 0.25) is 35.7 Å². The van der Waals surface area contributed by atoms with Gasteiger partial charge in [-0.15, -0.1) is 20.4 Å². The van der Waals surface area contributed by atoms with Crippen molar-refractivity contribution in [3.05, 3.63) is 58.7 Å². The van der Waals surface area contributed by atoms with E-state index in [1.807, 2.05) is 0 Å². The van der Waals surface area contributed by atoms with Crippen molar-refractivity contribution >= 4 is 69.9 Å². The zero-order valence-corrected chi connectivity index (χ0v) is 31.3. The van der Waals surface area contributed by atoms with Crippen LogP contribution in [0.15, 0.2) is 77.2 Å². The number of nitrogens with one attached hydrogen (secondary N) is 2. The summed E-state index contributed by atoms with van der Waals surface area (Å²) in [7, 11) is 0. The predicted octanol–water partition coefficient (Wildman–Crippen LogP) is 1.23. The van der Waals surface area contributed by atoms with Crippen molar-refractivity contribution in [3.63, 3.8) is 0 Å². The molecule has 0 aliphatic heterocycles. The fraction of sp³-hybridized carbons (Fsp3) is 0.353. The summed E-state index contributed by atoms with van der Waals surface area (Å²) in [4.78, 5) is 28.1. The maximum absolute atomic E-state index is 14.0. The Bertz CT molecular complexity index is 1660.